The van der Waals surface area contributed by atoms with Crippen LogP contribution in [0.25, 0.3) is 0 Å². The van der Waals surface area contributed by atoms with E-state index in [4.69, 9.17) is 4.74 Å². The van der Waals surface area contributed by atoms with Gasteiger partial charge in [-0.3, -0.25) is 9.59 Å². The van der Waals surface area contributed by atoms with Crippen LogP contribution < -0.4 is 5.32 Å². The molecule has 24 heavy (non-hydrogen) atoms. The molecule has 0 saturated carbocycles. The van der Waals surface area contributed by atoms with Crippen molar-refractivity contribution in [2.45, 2.75) is 13.3 Å². The van der Waals surface area contributed by atoms with Crippen LogP contribution in [0.3, 0.4) is 0 Å². The van der Waals surface area contributed by atoms with Crippen molar-refractivity contribution < 1.29 is 23.1 Å². The summed E-state index contributed by atoms with van der Waals surface area (Å²) in [5.74, 6) is -2.25. The van der Waals surface area contributed by atoms with Crippen LogP contribution in [-0.4, -0.2) is 50.1 Å². The van der Waals surface area contributed by atoms with Crippen LogP contribution in [0.4, 0.5) is 8.78 Å². The largest absolute Gasteiger partial charge is 0.381 e. The third kappa shape index (κ3) is 2.56. The van der Waals surface area contributed by atoms with Gasteiger partial charge in [0.1, 0.15) is 11.6 Å². The lowest BCUT2D eigenvalue weighted by Gasteiger charge is -2.36. The maximum atomic E-state index is 14.1. The number of ether oxygens (including phenoxy) is 1. The van der Waals surface area contributed by atoms with Crippen LogP contribution in [-0.2, 0) is 9.53 Å². The number of fused-ring (bicyclic) bond motifs is 1. The van der Waals surface area contributed by atoms with E-state index in [1.165, 1.54) is 11.8 Å². The van der Waals surface area contributed by atoms with Crippen LogP contribution in [0, 0.1) is 29.9 Å². The number of carbonyl (C=O) groups excluding carboxylic acids is 2. The van der Waals surface area contributed by atoms with Crippen molar-refractivity contribution in [2.75, 3.05) is 33.4 Å². The quantitative estimate of drug-likeness (QED) is 0.889. The monoisotopic (exact) mass is 338 g/mol. The number of hydrogen-bond acceptors (Lipinski definition) is 3. The minimum atomic E-state index is -0.751. The van der Waals surface area contributed by atoms with E-state index in [1.54, 1.807) is 7.05 Å². The smallest absolute Gasteiger partial charge is 0.256 e. The third-order valence-corrected chi connectivity index (χ3v) is 5.15. The Morgan fingerprint density at radius 2 is 2.08 bits per heavy atom. The SMILES string of the molecule is CNC(=O)[C@]12CCOC[C@H]1CN(C(=O)c1cc(F)c(C)cc1F)C2. The zero-order chi connectivity index (χ0) is 17.5. The molecule has 7 heteroatoms. The summed E-state index contributed by atoms with van der Waals surface area (Å²) in [5, 5.41) is 2.66. The van der Waals surface area contributed by atoms with Gasteiger partial charge < -0.3 is 15.0 Å². The Balaban J connectivity index is 1.90. The summed E-state index contributed by atoms with van der Waals surface area (Å²) in [7, 11) is 1.56. The average Bonchev–Trinajstić information content (AvgIpc) is 2.97. The second kappa shape index (κ2) is 6.12. The molecule has 1 aromatic rings. The second-order valence-corrected chi connectivity index (χ2v) is 6.52. The second-order valence-electron chi connectivity index (χ2n) is 6.52. The van der Waals surface area contributed by atoms with Crippen LogP contribution in [0.15, 0.2) is 12.1 Å². The lowest BCUT2D eigenvalue weighted by molar-refractivity contribution is -0.138. The highest BCUT2D eigenvalue weighted by Crippen LogP contribution is 2.43. The predicted octanol–water partition coefficient (Wildman–Crippen LogP) is 1.50. The van der Waals surface area contributed by atoms with E-state index < -0.39 is 23.0 Å². The van der Waals surface area contributed by atoms with Crippen molar-refractivity contribution in [1.82, 2.24) is 10.2 Å². The maximum absolute atomic E-state index is 14.1. The molecule has 3 rings (SSSR count). The van der Waals surface area contributed by atoms with Crippen molar-refractivity contribution in [2.24, 2.45) is 11.3 Å². The summed E-state index contributed by atoms with van der Waals surface area (Å²) in [5.41, 5.74) is -0.873. The number of rotatable bonds is 2. The van der Waals surface area contributed by atoms with Gasteiger partial charge in [-0.05, 0) is 31.0 Å². The van der Waals surface area contributed by atoms with E-state index in [2.05, 4.69) is 5.32 Å². The van der Waals surface area contributed by atoms with Crippen LogP contribution >= 0.6 is 0 Å². The summed E-state index contributed by atoms with van der Waals surface area (Å²) in [6.45, 7) is 2.74. The highest BCUT2D eigenvalue weighted by atomic mass is 19.1. The van der Waals surface area contributed by atoms with Crippen molar-refractivity contribution >= 4 is 11.8 Å². The minimum absolute atomic E-state index is 0.137. The van der Waals surface area contributed by atoms with Gasteiger partial charge >= 0.3 is 0 Å². The molecule has 2 saturated heterocycles. The highest BCUT2D eigenvalue weighted by molar-refractivity contribution is 5.96. The molecule has 2 heterocycles. The molecule has 1 N–H and O–H groups in total. The molecule has 0 bridgehead atoms. The Hall–Kier alpha value is -2.02. The predicted molar refractivity (Wildman–Crippen MR) is 82.4 cm³/mol. The summed E-state index contributed by atoms with van der Waals surface area (Å²) in [6, 6.07) is 1.95. The molecule has 0 aromatic heterocycles. The Kier molecular flexibility index (Phi) is 4.29. The molecular weight excluding hydrogens is 318 g/mol. The molecule has 2 amide bonds. The van der Waals surface area contributed by atoms with Gasteiger partial charge in [-0.2, -0.15) is 0 Å². The summed E-state index contributed by atoms with van der Waals surface area (Å²) in [4.78, 5) is 26.5. The van der Waals surface area contributed by atoms with Gasteiger partial charge in [0.15, 0.2) is 0 Å². The number of amides is 2. The topological polar surface area (TPSA) is 58.6 Å². The first-order chi connectivity index (χ1) is 11.4. The van der Waals surface area contributed by atoms with E-state index in [0.717, 1.165) is 12.1 Å². The lowest BCUT2D eigenvalue weighted by atomic mass is 9.73. The van der Waals surface area contributed by atoms with Crippen molar-refractivity contribution in [3.8, 4) is 0 Å². The van der Waals surface area contributed by atoms with Gasteiger partial charge in [0.2, 0.25) is 5.91 Å². The first-order valence-corrected chi connectivity index (χ1v) is 7.94. The number of likely N-dealkylation sites (tertiary alicyclic amines) is 1. The molecule has 5 nitrogen and oxygen atoms in total. The molecule has 1 aromatic carbocycles. The highest BCUT2D eigenvalue weighted by Gasteiger charge is 2.54. The standard InChI is InChI=1S/C17H20F2N2O3/c1-10-5-14(19)12(6-13(10)18)15(22)21-7-11-8-24-4-3-17(11,9-21)16(23)20-2/h5-6,11H,3-4,7-9H2,1-2H3,(H,20,23)/t11-,17+/m1/s1. The molecule has 0 spiro atoms. The minimum Gasteiger partial charge on any atom is -0.381 e. The van der Waals surface area contributed by atoms with E-state index in [-0.39, 0.29) is 29.5 Å². The number of benzene rings is 1. The summed E-state index contributed by atoms with van der Waals surface area (Å²) >= 11 is 0. The number of hydrogen-bond donors (Lipinski definition) is 1. The van der Waals surface area contributed by atoms with Crippen molar-refractivity contribution in [3.63, 3.8) is 0 Å². The van der Waals surface area contributed by atoms with E-state index in [9.17, 15) is 18.4 Å². The third-order valence-electron chi connectivity index (χ3n) is 5.15. The Labute approximate surface area is 139 Å². The number of nitrogens with zero attached hydrogens (tertiary/aromatic N) is 1. The molecule has 2 atom stereocenters. The number of halogens is 2. The first-order valence-electron chi connectivity index (χ1n) is 7.94. The fourth-order valence-electron chi connectivity index (χ4n) is 3.71. The molecule has 0 aliphatic carbocycles. The van der Waals surface area contributed by atoms with Gasteiger partial charge in [-0.15, -0.1) is 0 Å². The van der Waals surface area contributed by atoms with Gasteiger partial charge in [0.05, 0.1) is 17.6 Å². The fraction of sp³-hybridized carbons (Fsp3) is 0.529. The zero-order valence-electron chi connectivity index (χ0n) is 13.7. The van der Waals surface area contributed by atoms with Gasteiger partial charge in [0, 0.05) is 32.7 Å². The lowest BCUT2D eigenvalue weighted by Crippen LogP contribution is -2.49. The Morgan fingerprint density at radius 1 is 1.33 bits per heavy atom. The molecule has 2 aliphatic rings. The van der Waals surface area contributed by atoms with Crippen molar-refractivity contribution in [1.29, 1.82) is 0 Å². The zero-order valence-corrected chi connectivity index (χ0v) is 13.7. The van der Waals surface area contributed by atoms with E-state index in [1.807, 2.05) is 0 Å². The number of carbonyl (C=O) groups is 2. The van der Waals surface area contributed by atoms with Gasteiger partial charge in [-0.1, -0.05) is 0 Å². The molecule has 2 aliphatic heterocycles. The Morgan fingerprint density at radius 3 is 2.79 bits per heavy atom. The molecule has 0 radical (unpaired) electrons. The molecule has 2 fully saturated rings. The van der Waals surface area contributed by atoms with E-state index in [0.29, 0.717) is 26.2 Å². The summed E-state index contributed by atoms with van der Waals surface area (Å²) < 4.78 is 33.3. The van der Waals surface area contributed by atoms with E-state index >= 15 is 0 Å². The normalized spacial score (nSPS) is 26.2. The van der Waals surface area contributed by atoms with Crippen LogP contribution in [0.1, 0.15) is 22.3 Å². The van der Waals surface area contributed by atoms with Gasteiger partial charge in [0.25, 0.3) is 5.91 Å². The number of nitrogens with one attached hydrogen (secondary N) is 1. The number of aryl methyl sites for hydroxylation is 1. The van der Waals surface area contributed by atoms with Gasteiger partial charge in [-0.25, -0.2) is 8.78 Å². The van der Waals surface area contributed by atoms with Crippen molar-refractivity contribution in [3.05, 3.63) is 34.9 Å². The summed E-state index contributed by atoms with van der Waals surface area (Å²) in [6.07, 6.45) is 0.506. The van der Waals surface area contributed by atoms with Crippen LogP contribution in [0.2, 0.25) is 0 Å². The molecule has 130 valence electrons. The van der Waals surface area contributed by atoms with Crippen LogP contribution in [0.5, 0.6) is 0 Å². The maximum Gasteiger partial charge on any atom is 0.256 e. The average molecular weight is 338 g/mol. The fourth-order valence-corrected chi connectivity index (χ4v) is 3.71. The Bertz CT molecular complexity index is 695. The molecule has 0 unspecified atom stereocenters. The molecular formula is C17H20F2N2O3. The first kappa shape index (κ1) is 16.8.